The third-order valence-corrected chi connectivity index (χ3v) is 2.96. The van der Waals surface area contributed by atoms with E-state index < -0.39 is 0 Å². The van der Waals surface area contributed by atoms with Gasteiger partial charge in [-0.1, -0.05) is 26.0 Å². The van der Waals surface area contributed by atoms with Crippen LogP contribution in [0.1, 0.15) is 19.4 Å². The molecule has 3 N–H and O–H groups in total. The number of nitrogens with one attached hydrogen (secondary N) is 1. The van der Waals surface area contributed by atoms with E-state index >= 15 is 0 Å². The van der Waals surface area contributed by atoms with Crippen molar-refractivity contribution in [2.45, 2.75) is 20.8 Å². The first-order valence-electron chi connectivity index (χ1n) is 6.00. The normalized spacial score (nSPS) is 10.8. The van der Waals surface area contributed by atoms with Crippen LogP contribution in [-0.2, 0) is 0 Å². The SMILES string of the molecule is CCN(CC)CCNc1cccc(C)c1N. The van der Waals surface area contributed by atoms with Crippen LogP contribution < -0.4 is 11.1 Å². The number of nitrogens with two attached hydrogens (primary N) is 1. The second-order valence-corrected chi connectivity index (χ2v) is 3.99. The quantitative estimate of drug-likeness (QED) is 0.724. The standard InChI is InChI=1S/C13H23N3/c1-4-16(5-2)10-9-15-12-8-6-7-11(3)13(12)14/h6-8,15H,4-5,9-10,14H2,1-3H3. The summed E-state index contributed by atoms with van der Waals surface area (Å²) in [5.74, 6) is 0. The van der Waals surface area contributed by atoms with Crippen LogP contribution in [0.4, 0.5) is 11.4 Å². The highest BCUT2D eigenvalue weighted by Gasteiger charge is 2.02. The van der Waals surface area contributed by atoms with E-state index in [2.05, 4.69) is 24.1 Å². The van der Waals surface area contributed by atoms with E-state index in [9.17, 15) is 0 Å². The molecule has 0 saturated carbocycles. The van der Waals surface area contributed by atoms with Crippen LogP contribution in [0.2, 0.25) is 0 Å². The van der Waals surface area contributed by atoms with Crippen molar-refractivity contribution in [2.75, 3.05) is 37.2 Å². The van der Waals surface area contributed by atoms with Gasteiger partial charge in [0.2, 0.25) is 0 Å². The number of nitrogens with zero attached hydrogens (tertiary/aromatic N) is 1. The zero-order valence-electron chi connectivity index (χ0n) is 10.6. The Kier molecular flexibility index (Phi) is 5.12. The van der Waals surface area contributed by atoms with E-state index in [0.29, 0.717) is 0 Å². The van der Waals surface area contributed by atoms with Gasteiger partial charge in [0.25, 0.3) is 0 Å². The summed E-state index contributed by atoms with van der Waals surface area (Å²) < 4.78 is 0. The lowest BCUT2D eigenvalue weighted by Gasteiger charge is -2.19. The summed E-state index contributed by atoms with van der Waals surface area (Å²) in [4.78, 5) is 2.39. The highest BCUT2D eigenvalue weighted by molar-refractivity contribution is 5.69. The minimum Gasteiger partial charge on any atom is -0.397 e. The van der Waals surface area contributed by atoms with E-state index in [0.717, 1.165) is 43.1 Å². The fourth-order valence-electron chi connectivity index (χ4n) is 1.72. The van der Waals surface area contributed by atoms with Gasteiger partial charge in [-0.05, 0) is 31.6 Å². The molecular formula is C13H23N3. The van der Waals surface area contributed by atoms with Gasteiger partial charge in [0.1, 0.15) is 0 Å². The van der Waals surface area contributed by atoms with Gasteiger partial charge in [0.05, 0.1) is 11.4 Å². The summed E-state index contributed by atoms with van der Waals surface area (Å²) in [6.07, 6.45) is 0. The fourth-order valence-corrected chi connectivity index (χ4v) is 1.72. The Hall–Kier alpha value is -1.22. The second-order valence-electron chi connectivity index (χ2n) is 3.99. The van der Waals surface area contributed by atoms with Crippen molar-refractivity contribution in [3.63, 3.8) is 0 Å². The third kappa shape index (κ3) is 3.42. The predicted molar refractivity (Wildman–Crippen MR) is 71.9 cm³/mol. The summed E-state index contributed by atoms with van der Waals surface area (Å²) in [6, 6.07) is 6.10. The molecule has 0 spiro atoms. The lowest BCUT2D eigenvalue weighted by Crippen LogP contribution is -2.28. The van der Waals surface area contributed by atoms with Gasteiger partial charge in [-0.15, -0.1) is 0 Å². The number of hydrogen-bond acceptors (Lipinski definition) is 3. The smallest absolute Gasteiger partial charge is 0.0579 e. The molecule has 3 nitrogen and oxygen atoms in total. The molecule has 3 heteroatoms. The van der Waals surface area contributed by atoms with Crippen LogP contribution in [0, 0.1) is 6.92 Å². The Balaban J connectivity index is 2.46. The third-order valence-electron chi connectivity index (χ3n) is 2.96. The number of hydrogen-bond donors (Lipinski definition) is 2. The average molecular weight is 221 g/mol. The molecule has 1 aromatic rings. The number of anilines is 2. The Labute approximate surface area is 98.6 Å². The lowest BCUT2D eigenvalue weighted by atomic mass is 10.2. The van der Waals surface area contributed by atoms with E-state index in [1.165, 1.54) is 0 Å². The number of aryl methyl sites for hydroxylation is 1. The first-order chi connectivity index (χ1) is 7.69. The monoisotopic (exact) mass is 221 g/mol. The Morgan fingerprint density at radius 1 is 1.25 bits per heavy atom. The molecule has 0 unspecified atom stereocenters. The molecule has 1 aromatic carbocycles. The largest absolute Gasteiger partial charge is 0.397 e. The second kappa shape index (κ2) is 6.38. The molecule has 0 aromatic heterocycles. The zero-order valence-corrected chi connectivity index (χ0v) is 10.6. The first kappa shape index (κ1) is 12.8. The van der Waals surface area contributed by atoms with Crippen molar-refractivity contribution >= 4 is 11.4 Å². The van der Waals surface area contributed by atoms with E-state index in [-0.39, 0.29) is 0 Å². The minimum atomic E-state index is 0.863. The summed E-state index contributed by atoms with van der Waals surface area (Å²) in [5.41, 5.74) is 9.03. The molecule has 0 aliphatic carbocycles. The molecule has 0 amide bonds. The fraction of sp³-hybridized carbons (Fsp3) is 0.538. The average Bonchev–Trinajstić information content (AvgIpc) is 2.30. The van der Waals surface area contributed by atoms with Gasteiger partial charge in [-0.2, -0.15) is 0 Å². The zero-order chi connectivity index (χ0) is 12.0. The summed E-state index contributed by atoms with van der Waals surface area (Å²) in [6.45, 7) is 10.6. The number of nitrogen functional groups attached to an aromatic ring is 1. The Bertz CT molecular complexity index is 319. The van der Waals surface area contributed by atoms with Crippen LogP contribution in [0.15, 0.2) is 18.2 Å². The molecular weight excluding hydrogens is 198 g/mol. The first-order valence-corrected chi connectivity index (χ1v) is 6.00. The highest BCUT2D eigenvalue weighted by Crippen LogP contribution is 2.21. The number of rotatable bonds is 6. The Morgan fingerprint density at radius 2 is 1.94 bits per heavy atom. The lowest BCUT2D eigenvalue weighted by molar-refractivity contribution is 0.316. The van der Waals surface area contributed by atoms with E-state index in [1.807, 2.05) is 25.1 Å². The maximum absolute atomic E-state index is 5.99. The molecule has 0 heterocycles. The maximum atomic E-state index is 5.99. The number of benzene rings is 1. The van der Waals surface area contributed by atoms with Gasteiger partial charge in [-0.25, -0.2) is 0 Å². The van der Waals surface area contributed by atoms with Crippen molar-refractivity contribution < 1.29 is 0 Å². The van der Waals surface area contributed by atoms with Gasteiger partial charge in [0, 0.05) is 13.1 Å². The highest BCUT2D eigenvalue weighted by atomic mass is 15.1. The van der Waals surface area contributed by atoms with Gasteiger partial charge >= 0.3 is 0 Å². The topological polar surface area (TPSA) is 41.3 Å². The number of para-hydroxylation sites is 1. The van der Waals surface area contributed by atoms with E-state index in [4.69, 9.17) is 5.73 Å². The van der Waals surface area contributed by atoms with Gasteiger partial charge < -0.3 is 16.0 Å². The van der Waals surface area contributed by atoms with Crippen LogP contribution in [-0.4, -0.2) is 31.1 Å². The molecule has 0 aliphatic rings. The minimum absolute atomic E-state index is 0.863. The Morgan fingerprint density at radius 3 is 2.56 bits per heavy atom. The van der Waals surface area contributed by atoms with Crippen molar-refractivity contribution in [3.8, 4) is 0 Å². The summed E-state index contributed by atoms with van der Waals surface area (Å²) in [7, 11) is 0. The molecule has 0 saturated heterocycles. The molecule has 1 rings (SSSR count). The maximum Gasteiger partial charge on any atom is 0.0579 e. The van der Waals surface area contributed by atoms with Crippen LogP contribution in [0.3, 0.4) is 0 Å². The molecule has 16 heavy (non-hydrogen) atoms. The summed E-state index contributed by atoms with van der Waals surface area (Å²) >= 11 is 0. The van der Waals surface area contributed by atoms with Crippen LogP contribution in [0.5, 0.6) is 0 Å². The van der Waals surface area contributed by atoms with Gasteiger partial charge in [-0.3, -0.25) is 0 Å². The van der Waals surface area contributed by atoms with Gasteiger partial charge in [0.15, 0.2) is 0 Å². The number of likely N-dealkylation sites (N-methyl/N-ethyl adjacent to an activating group) is 1. The van der Waals surface area contributed by atoms with E-state index in [1.54, 1.807) is 0 Å². The van der Waals surface area contributed by atoms with Crippen molar-refractivity contribution in [1.82, 2.24) is 4.90 Å². The molecule has 90 valence electrons. The van der Waals surface area contributed by atoms with Crippen molar-refractivity contribution in [3.05, 3.63) is 23.8 Å². The molecule has 0 aliphatic heterocycles. The summed E-state index contributed by atoms with van der Waals surface area (Å²) in [5, 5.41) is 3.39. The molecule has 0 fully saturated rings. The van der Waals surface area contributed by atoms with Crippen molar-refractivity contribution in [1.29, 1.82) is 0 Å². The molecule has 0 bridgehead atoms. The molecule has 0 atom stereocenters. The predicted octanol–water partition coefficient (Wildman–Crippen LogP) is 2.33. The van der Waals surface area contributed by atoms with Crippen molar-refractivity contribution in [2.24, 2.45) is 0 Å². The molecule has 0 radical (unpaired) electrons. The van der Waals surface area contributed by atoms with Crippen LogP contribution >= 0.6 is 0 Å². The van der Waals surface area contributed by atoms with Crippen LogP contribution in [0.25, 0.3) is 0 Å².